The quantitative estimate of drug-likeness (QED) is 0.690. The van der Waals surface area contributed by atoms with Gasteiger partial charge in [-0.25, -0.2) is 4.98 Å². The Morgan fingerprint density at radius 1 is 1.42 bits per heavy atom. The van der Waals surface area contributed by atoms with Crippen molar-refractivity contribution in [1.82, 2.24) is 19.7 Å². The first-order valence-electron chi connectivity index (χ1n) is 8.54. The van der Waals surface area contributed by atoms with Gasteiger partial charge in [0.1, 0.15) is 5.56 Å². The fourth-order valence-corrected chi connectivity index (χ4v) is 3.41. The molecule has 3 rings (SSSR count). The molecule has 3 atom stereocenters. The number of hydrogen-bond donors (Lipinski definition) is 3. The van der Waals surface area contributed by atoms with Gasteiger partial charge in [0.25, 0.3) is 5.91 Å². The van der Waals surface area contributed by atoms with Crippen molar-refractivity contribution in [3.63, 3.8) is 0 Å². The number of aromatic nitrogens is 3. The van der Waals surface area contributed by atoms with E-state index >= 15 is 0 Å². The number of amides is 1. The van der Waals surface area contributed by atoms with Crippen molar-refractivity contribution in [3.8, 4) is 0 Å². The molecular weight excluding hydrogens is 337 g/mol. The van der Waals surface area contributed by atoms with Crippen LogP contribution >= 0.6 is 0 Å². The Kier molecular flexibility index (Phi) is 5.19. The van der Waals surface area contributed by atoms with Gasteiger partial charge in [0.2, 0.25) is 5.95 Å². The Balaban J connectivity index is 1.84. The Bertz CT molecular complexity index is 791. The average molecular weight is 361 g/mol. The first-order valence-corrected chi connectivity index (χ1v) is 8.54. The van der Waals surface area contributed by atoms with Gasteiger partial charge in [-0.15, -0.1) is 0 Å². The highest BCUT2D eigenvalue weighted by Gasteiger charge is 2.31. The maximum atomic E-state index is 13.3. The van der Waals surface area contributed by atoms with Crippen LogP contribution in [0.1, 0.15) is 35.7 Å². The number of nitrogens with two attached hydrogens (primary N) is 2. The zero-order valence-electron chi connectivity index (χ0n) is 14.9. The van der Waals surface area contributed by atoms with E-state index in [1.54, 1.807) is 16.9 Å². The minimum Gasteiger partial charge on any atom is -0.365 e. The van der Waals surface area contributed by atoms with Crippen LogP contribution < -0.4 is 16.8 Å². The molecule has 1 aliphatic rings. The van der Waals surface area contributed by atoms with E-state index < -0.39 is 11.9 Å². The van der Waals surface area contributed by atoms with Gasteiger partial charge in [-0.05, 0) is 39.4 Å². The predicted molar refractivity (Wildman–Crippen MR) is 96.6 cm³/mol. The molecule has 140 valence electrons. The van der Waals surface area contributed by atoms with Crippen LogP contribution in [0.3, 0.4) is 0 Å². The van der Waals surface area contributed by atoms with Crippen molar-refractivity contribution in [3.05, 3.63) is 36.0 Å². The highest BCUT2D eigenvalue weighted by molar-refractivity contribution is 5.98. The minimum absolute atomic E-state index is 0.0194. The van der Waals surface area contributed by atoms with Crippen molar-refractivity contribution in [2.75, 3.05) is 19.4 Å². The third-order valence-electron chi connectivity index (χ3n) is 4.89. The zero-order chi connectivity index (χ0) is 18.8. The van der Waals surface area contributed by atoms with Gasteiger partial charge >= 0.3 is 0 Å². The van der Waals surface area contributed by atoms with E-state index in [2.05, 4.69) is 20.3 Å². The molecule has 9 heteroatoms. The molecule has 0 unspecified atom stereocenters. The van der Waals surface area contributed by atoms with Crippen molar-refractivity contribution < 1.29 is 9.18 Å². The van der Waals surface area contributed by atoms with Crippen molar-refractivity contribution in [1.29, 1.82) is 0 Å². The first kappa shape index (κ1) is 18.3. The molecule has 0 radical (unpaired) electrons. The van der Waals surface area contributed by atoms with E-state index in [1.807, 2.05) is 14.1 Å². The van der Waals surface area contributed by atoms with Gasteiger partial charge in [0.15, 0.2) is 5.82 Å². The van der Waals surface area contributed by atoms with Crippen LogP contribution in [0, 0.1) is 5.95 Å². The molecule has 1 aliphatic carbocycles. The molecule has 0 aliphatic heterocycles. The summed E-state index contributed by atoms with van der Waals surface area (Å²) in [6.45, 7) is 0. The molecule has 2 aromatic heterocycles. The number of hydrogen-bond acceptors (Lipinski definition) is 6. The molecule has 2 aromatic rings. The largest absolute Gasteiger partial charge is 0.365 e. The summed E-state index contributed by atoms with van der Waals surface area (Å²) in [5.74, 6) is -0.951. The maximum absolute atomic E-state index is 13.3. The van der Waals surface area contributed by atoms with Gasteiger partial charge in [-0.2, -0.15) is 9.49 Å². The predicted octanol–water partition coefficient (Wildman–Crippen LogP) is 1.24. The van der Waals surface area contributed by atoms with Gasteiger partial charge in [0.05, 0.1) is 6.04 Å². The summed E-state index contributed by atoms with van der Waals surface area (Å²) in [6.07, 6.45) is 5.64. The van der Waals surface area contributed by atoms with Gasteiger partial charge in [-0.3, -0.25) is 9.48 Å². The lowest BCUT2D eigenvalue weighted by Crippen LogP contribution is -2.44. The lowest BCUT2D eigenvalue weighted by Gasteiger charge is -2.37. The fourth-order valence-electron chi connectivity index (χ4n) is 3.41. The highest BCUT2D eigenvalue weighted by Crippen LogP contribution is 2.31. The third kappa shape index (κ3) is 3.83. The number of pyridine rings is 1. The second-order valence-electron chi connectivity index (χ2n) is 6.89. The normalized spacial score (nSPS) is 23.2. The maximum Gasteiger partial charge on any atom is 0.254 e. The second-order valence-corrected chi connectivity index (χ2v) is 6.89. The number of halogens is 1. The van der Waals surface area contributed by atoms with E-state index in [9.17, 15) is 9.18 Å². The van der Waals surface area contributed by atoms with Crippen molar-refractivity contribution in [2.24, 2.45) is 11.5 Å². The van der Waals surface area contributed by atoms with E-state index in [1.165, 1.54) is 12.3 Å². The van der Waals surface area contributed by atoms with Crippen LogP contribution in [0.2, 0.25) is 0 Å². The lowest BCUT2D eigenvalue weighted by molar-refractivity contribution is 0.100. The summed E-state index contributed by atoms with van der Waals surface area (Å²) in [7, 11) is 4.10. The molecule has 8 nitrogen and oxygen atoms in total. The Labute approximate surface area is 151 Å². The molecule has 26 heavy (non-hydrogen) atoms. The van der Waals surface area contributed by atoms with E-state index in [4.69, 9.17) is 11.5 Å². The summed E-state index contributed by atoms with van der Waals surface area (Å²) >= 11 is 0. The monoisotopic (exact) mass is 361 g/mol. The molecule has 1 fully saturated rings. The van der Waals surface area contributed by atoms with Crippen LogP contribution in [-0.2, 0) is 0 Å². The number of nitrogens with one attached hydrogen (secondary N) is 1. The minimum atomic E-state index is -0.626. The lowest BCUT2D eigenvalue weighted by atomic mass is 9.87. The van der Waals surface area contributed by atoms with E-state index in [0.29, 0.717) is 11.7 Å². The Morgan fingerprint density at radius 2 is 2.19 bits per heavy atom. The van der Waals surface area contributed by atoms with E-state index in [0.717, 1.165) is 19.3 Å². The summed E-state index contributed by atoms with van der Waals surface area (Å²) in [5, 5.41) is 7.40. The van der Waals surface area contributed by atoms with Gasteiger partial charge in [-0.1, -0.05) is 0 Å². The smallest absolute Gasteiger partial charge is 0.254 e. The zero-order valence-corrected chi connectivity index (χ0v) is 14.9. The van der Waals surface area contributed by atoms with Crippen LogP contribution in [0.15, 0.2) is 24.5 Å². The summed E-state index contributed by atoms with van der Waals surface area (Å²) in [6, 6.07) is 3.14. The number of primary amides is 1. The SMILES string of the molecule is CN(C)[C@@H]1CC[C@H](n2cc(C(N)=O)c(Nc3ccnc(F)c3)n2)[C@@H](N)C1. The number of carbonyl (C=O) groups excluding carboxylic acids is 1. The summed E-state index contributed by atoms with van der Waals surface area (Å²) in [4.78, 5) is 17.5. The molecule has 0 saturated heterocycles. The number of carbonyl (C=O) groups is 1. The van der Waals surface area contributed by atoms with Crippen LogP contribution in [-0.4, -0.2) is 51.8 Å². The van der Waals surface area contributed by atoms with Crippen LogP contribution in [0.25, 0.3) is 0 Å². The Hall–Kier alpha value is -2.52. The number of nitrogens with zero attached hydrogens (tertiary/aromatic N) is 4. The molecule has 0 spiro atoms. The number of anilines is 2. The highest BCUT2D eigenvalue weighted by atomic mass is 19.1. The van der Waals surface area contributed by atoms with Crippen molar-refractivity contribution in [2.45, 2.75) is 37.4 Å². The average Bonchev–Trinajstić information content (AvgIpc) is 2.98. The topological polar surface area (TPSA) is 115 Å². The molecule has 1 saturated carbocycles. The summed E-state index contributed by atoms with van der Waals surface area (Å²) < 4.78 is 15.0. The molecule has 5 N–H and O–H groups in total. The number of rotatable bonds is 5. The van der Waals surface area contributed by atoms with E-state index in [-0.39, 0.29) is 23.5 Å². The first-order chi connectivity index (χ1) is 12.3. The fraction of sp³-hybridized carbons (Fsp3) is 0.471. The molecular formula is C17H24FN7O. The van der Waals surface area contributed by atoms with Crippen molar-refractivity contribution >= 4 is 17.4 Å². The second kappa shape index (κ2) is 7.38. The molecule has 0 bridgehead atoms. The molecule has 2 heterocycles. The summed E-state index contributed by atoms with van der Waals surface area (Å²) in [5.41, 5.74) is 12.5. The van der Waals surface area contributed by atoms with Crippen LogP contribution in [0.5, 0.6) is 0 Å². The Morgan fingerprint density at radius 3 is 2.81 bits per heavy atom. The van der Waals surface area contributed by atoms with Crippen LogP contribution in [0.4, 0.5) is 15.9 Å². The molecule has 0 aromatic carbocycles. The van der Waals surface area contributed by atoms with Gasteiger partial charge < -0.3 is 21.7 Å². The standard InChI is InChI=1S/C17H24FN7O/c1-24(2)11-3-4-14(13(19)8-11)25-9-12(16(20)26)17(23-25)22-10-5-6-21-15(18)7-10/h5-7,9,11,13-14H,3-4,8,19H2,1-2H3,(H2,20,26)(H,21,22,23)/t11-,13+,14+/m1/s1. The van der Waals surface area contributed by atoms with Gasteiger partial charge in [0, 0.05) is 36.2 Å². The third-order valence-corrected chi connectivity index (χ3v) is 4.89. The molecule has 1 amide bonds.